The molecule has 2 aromatic carbocycles. The zero-order valence-electron chi connectivity index (χ0n) is 19.2. The standard InChI is InChI=1S/C28H25N3O4/c1-2-15-30-22-12-7-6-11-19(22)16-21(28(30)35)20-17-25(33)31(23-13-8-14-24(32)26(20)23)29-27(34)18-9-4-3-5-10-18/h2-7,9-12,16,20H,1,8,13-15,17H2,(H,29,34). The maximum Gasteiger partial charge on any atom is 0.270 e. The summed E-state index contributed by atoms with van der Waals surface area (Å²) in [6.45, 7) is 4.09. The SMILES string of the molecule is C=CCn1c(=O)c(C2CC(=O)N(NC(=O)c3ccccc3)C3=C2C(=O)CCC3)cc2ccccc21. The number of Topliss-reactive ketones (excluding diaryl/α,β-unsaturated/α-hetero) is 1. The lowest BCUT2D eigenvalue weighted by molar-refractivity contribution is -0.133. The van der Waals surface area contributed by atoms with Crippen molar-refractivity contribution in [2.24, 2.45) is 0 Å². The fraction of sp³-hybridized carbons (Fsp3) is 0.214. The number of hydrogen-bond donors (Lipinski definition) is 1. The van der Waals surface area contributed by atoms with Crippen LogP contribution in [-0.2, 0) is 16.1 Å². The summed E-state index contributed by atoms with van der Waals surface area (Å²) < 4.78 is 1.62. The van der Waals surface area contributed by atoms with Crippen LogP contribution in [-0.4, -0.2) is 27.2 Å². The highest BCUT2D eigenvalue weighted by Gasteiger charge is 2.41. The van der Waals surface area contributed by atoms with Crippen molar-refractivity contribution in [1.29, 1.82) is 0 Å². The molecule has 0 saturated carbocycles. The molecule has 0 spiro atoms. The molecule has 1 unspecified atom stereocenters. The quantitative estimate of drug-likeness (QED) is 0.577. The van der Waals surface area contributed by atoms with E-state index in [1.165, 1.54) is 5.01 Å². The summed E-state index contributed by atoms with van der Waals surface area (Å²) in [5.41, 5.74) is 4.97. The number of nitrogens with zero attached hydrogens (tertiary/aromatic N) is 2. The number of hydrazine groups is 1. The van der Waals surface area contributed by atoms with Gasteiger partial charge in [0, 0.05) is 42.0 Å². The number of nitrogens with one attached hydrogen (secondary N) is 1. The molecular formula is C28H25N3O4. The summed E-state index contributed by atoms with van der Waals surface area (Å²) in [7, 11) is 0. The lowest BCUT2D eigenvalue weighted by Crippen LogP contribution is -2.50. The van der Waals surface area contributed by atoms with Gasteiger partial charge in [-0.15, -0.1) is 6.58 Å². The number of aromatic nitrogens is 1. The minimum Gasteiger partial charge on any atom is -0.304 e. The first-order valence-corrected chi connectivity index (χ1v) is 11.7. The number of rotatable bonds is 5. The van der Waals surface area contributed by atoms with Crippen molar-refractivity contribution in [1.82, 2.24) is 15.0 Å². The van der Waals surface area contributed by atoms with Gasteiger partial charge in [0.05, 0.1) is 11.2 Å². The number of hydrogen-bond acceptors (Lipinski definition) is 4. The van der Waals surface area contributed by atoms with E-state index in [9.17, 15) is 19.2 Å². The minimum atomic E-state index is -0.664. The topological polar surface area (TPSA) is 88.5 Å². The number of fused-ring (bicyclic) bond motifs is 1. The Bertz CT molecular complexity index is 1450. The van der Waals surface area contributed by atoms with Crippen molar-refractivity contribution in [3.63, 3.8) is 0 Å². The second-order valence-corrected chi connectivity index (χ2v) is 8.79. The molecule has 2 aliphatic rings. The average Bonchev–Trinajstić information content (AvgIpc) is 2.87. The molecule has 3 aromatic rings. The van der Waals surface area contributed by atoms with Gasteiger partial charge in [0.25, 0.3) is 11.5 Å². The molecular weight excluding hydrogens is 442 g/mol. The van der Waals surface area contributed by atoms with Gasteiger partial charge in [-0.3, -0.25) is 24.6 Å². The summed E-state index contributed by atoms with van der Waals surface area (Å²) >= 11 is 0. The molecule has 7 nitrogen and oxygen atoms in total. The Kier molecular flexibility index (Phi) is 5.91. The van der Waals surface area contributed by atoms with Crippen LogP contribution in [0.25, 0.3) is 10.9 Å². The van der Waals surface area contributed by atoms with Gasteiger partial charge in [0.1, 0.15) is 0 Å². The highest BCUT2D eigenvalue weighted by atomic mass is 16.2. The fourth-order valence-corrected chi connectivity index (χ4v) is 5.05. The molecule has 0 bridgehead atoms. The van der Waals surface area contributed by atoms with Crippen LogP contribution in [0.5, 0.6) is 0 Å². The molecule has 1 atom stereocenters. The van der Waals surface area contributed by atoms with Gasteiger partial charge in [0.2, 0.25) is 5.91 Å². The molecule has 1 aliphatic heterocycles. The number of benzene rings is 2. The first-order valence-electron chi connectivity index (χ1n) is 11.7. The number of pyridine rings is 1. The van der Waals surface area contributed by atoms with Crippen molar-refractivity contribution in [3.05, 3.63) is 106 Å². The molecule has 0 radical (unpaired) electrons. The summed E-state index contributed by atoms with van der Waals surface area (Å²) in [5.74, 6) is -1.54. The molecule has 1 N–H and O–H groups in total. The van der Waals surface area contributed by atoms with Crippen LogP contribution < -0.4 is 11.0 Å². The third-order valence-electron chi connectivity index (χ3n) is 6.64. The smallest absolute Gasteiger partial charge is 0.270 e. The van der Waals surface area contributed by atoms with Crippen molar-refractivity contribution in [3.8, 4) is 0 Å². The first-order chi connectivity index (χ1) is 17.0. The number of ketones is 1. The second-order valence-electron chi connectivity index (χ2n) is 8.79. The van der Waals surface area contributed by atoms with Crippen molar-refractivity contribution in [2.45, 2.75) is 38.1 Å². The van der Waals surface area contributed by atoms with Gasteiger partial charge in [-0.1, -0.05) is 42.5 Å². The molecule has 35 heavy (non-hydrogen) atoms. The molecule has 0 saturated heterocycles. The highest BCUT2D eigenvalue weighted by molar-refractivity contribution is 6.03. The predicted octanol–water partition coefficient (Wildman–Crippen LogP) is 3.86. The Morgan fingerprint density at radius 3 is 2.54 bits per heavy atom. The third kappa shape index (κ3) is 3.99. The van der Waals surface area contributed by atoms with Crippen LogP contribution in [0.1, 0.15) is 47.5 Å². The van der Waals surface area contributed by atoms with Crippen molar-refractivity contribution in [2.75, 3.05) is 0 Å². The summed E-state index contributed by atoms with van der Waals surface area (Å²) in [4.78, 5) is 52.9. The number of amides is 2. The minimum absolute atomic E-state index is 0.0820. The van der Waals surface area contributed by atoms with Crippen molar-refractivity contribution >= 4 is 28.5 Å². The summed E-state index contributed by atoms with van der Waals surface area (Å²) in [6, 6.07) is 17.9. The lowest BCUT2D eigenvalue weighted by atomic mass is 9.77. The monoisotopic (exact) mass is 467 g/mol. The zero-order chi connectivity index (χ0) is 24.5. The van der Waals surface area contributed by atoms with Crippen LogP contribution in [0.3, 0.4) is 0 Å². The zero-order valence-corrected chi connectivity index (χ0v) is 19.2. The average molecular weight is 468 g/mol. The van der Waals surface area contributed by atoms with E-state index in [0.717, 1.165) is 10.9 Å². The molecule has 2 heterocycles. The van der Waals surface area contributed by atoms with E-state index < -0.39 is 11.8 Å². The Hall–Kier alpha value is -4.26. The molecule has 0 fully saturated rings. The van der Waals surface area contributed by atoms with E-state index in [1.807, 2.05) is 24.3 Å². The van der Waals surface area contributed by atoms with E-state index in [0.29, 0.717) is 48.2 Å². The Morgan fingerprint density at radius 2 is 1.77 bits per heavy atom. The lowest BCUT2D eigenvalue weighted by Gasteiger charge is -2.38. The highest BCUT2D eigenvalue weighted by Crippen LogP contribution is 2.40. The Labute approximate surface area is 202 Å². The fourth-order valence-electron chi connectivity index (χ4n) is 5.05. The number of para-hydroxylation sites is 1. The summed E-state index contributed by atoms with van der Waals surface area (Å²) in [6.07, 6.45) is 2.96. The van der Waals surface area contributed by atoms with Crippen LogP contribution >= 0.6 is 0 Å². The van der Waals surface area contributed by atoms with E-state index in [2.05, 4.69) is 12.0 Å². The van der Waals surface area contributed by atoms with Crippen LogP contribution in [0.4, 0.5) is 0 Å². The number of carbonyl (C=O) groups is 3. The Balaban J connectivity index is 1.63. The van der Waals surface area contributed by atoms with Gasteiger partial charge < -0.3 is 4.57 Å². The molecule has 5 rings (SSSR count). The van der Waals surface area contributed by atoms with Crippen LogP contribution in [0.2, 0.25) is 0 Å². The molecule has 7 heteroatoms. The molecule has 176 valence electrons. The normalized spacial score (nSPS) is 17.9. The second kappa shape index (κ2) is 9.18. The van der Waals surface area contributed by atoms with Gasteiger partial charge in [-0.25, -0.2) is 5.01 Å². The Morgan fingerprint density at radius 1 is 1.03 bits per heavy atom. The van der Waals surface area contributed by atoms with Crippen LogP contribution in [0.15, 0.2) is 89.4 Å². The first kappa shape index (κ1) is 22.5. The predicted molar refractivity (Wildman–Crippen MR) is 132 cm³/mol. The van der Waals surface area contributed by atoms with E-state index >= 15 is 0 Å². The van der Waals surface area contributed by atoms with Crippen LogP contribution in [0, 0.1) is 0 Å². The van der Waals surface area contributed by atoms with Gasteiger partial charge in [-0.2, -0.15) is 0 Å². The van der Waals surface area contributed by atoms with Gasteiger partial charge >= 0.3 is 0 Å². The van der Waals surface area contributed by atoms with Crippen molar-refractivity contribution < 1.29 is 14.4 Å². The largest absolute Gasteiger partial charge is 0.304 e. The van der Waals surface area contributed by atoms with E-state index in [4.69, 9.17) is 0 Å². The van der Waals surface area contributed by atoms with Gasteiger partial charge in [-0.05, 0) is 42.5 Å². The summed E-state index contributed by atoms with van der Waals surface area (Å²) in [5, 5.41) is 2.07. The molecule has 1 aliphatic carbocycles. The number of carbonyl (C=O) groups excluding carboxylic acids is 3. The number of allylic oxidation sites excluding steroid dienone is 3. The van der Waals surface area contributed by atoms with E-state index in [-0.39, 0.29) is 23.7 Å². The van der Waals surface area contributed by atoms with E-state index in [1.54, 1.807) is 47.0 Å². The maximum atomic E-state index is 13.6. The van der Waals surface area contributed by atoms with Gasteiger partial charge in [0.15, 0.2) is 5.78 Å². The molecule has 2 amide bonds. The third-order valence-corrected chi connectivity index (χ3v) is 6.64. The molecule has 1 aromatic heterocycles. The maximum absolute atomic E-state index is 13.6.